The van der Waals surface area contributed by atoms with E-state index in [1.807, 2.05) is 12.1 Å². The third-order valence-electron chi connectivity index (χ3n) is 3.56. The van der Waals surface area contributed by atoms with Crippen molar-refractivity contribution in [3.05, 3.63) is 35.9 Å². The molecular weight excluding hydrogens is 270 g/mol. The highest BCUT2D eigenvalue weighted by Crippen LogP contribution is 2.24. The van der Waals surface area contributed by atoms with Crippen LogP contribution in [0.3, 0.4) is 0 Å². The Kier molecular flexibility index (Phi) is 4.15. The molecule has 0 saturated carbocycles. The minimum atomic E-state index is -0.312. The summed E-state index contributed by atoms with van der Waals surface area (Å²) in [6.45, 7) is 2.12. The fraction of sp³-hybridized carbons (Fsp3) is 0.462. The van der Waals surface area contributed by atoms with Gasteiger partial charge in [0.05, 0.1) is 6.54 Å². The van der Waals surface area contributed by atoms with Gasteiger partial charge in [0.1, 0.15) is 6.04 Å². The quantitative estimate of drug-likeness (QED) is 0.806. The van der Waals surface area contributed by atoms with Crippen molar-refractivity contribution in [1.29, 1.82) is 0 Å². The Morgan fingerprint density at radius 1 is 1.43 bits per heavy atom. The summed E-state index contributed by atoms with van der Waals surface area (Å²) in [6.07, 6.45) is 5.70. The van der Waals surface area contributed by atoms with Crippen LogP contribution < -0.4 is 5.32 Å². The normalized spacial score (nSPS) is 16.8. The lowest BCUT2D eigenvalue weighted by Crippen LogP contribution is -2.39. The van der Waals surface area contributed by atoms with E-state index in [2.05, 4.69) is 35.8 Å². The highest BCUT2D eigenvalue weighted by molar-refractivity contribution is 5.83. The van der Waals surface area contributed by atoms with Crippen molar-refractivity contribution in [2.75, 3.05) is 13.1 Å². The molecule has 2 aromatic rings. The molecule has 21 heavy (non-hydrogen) atoms. The number of likely N-dealkylation sites (tertiary alicyclic amines) is 1. The van der Waals surface area contributed by atoms with E-state index in [4.69, 9.17) is 0 Å². The summed E-state index contributed by atoms with van der Waals surface area (Å²) >= 11 is 0. The lowest BCUT2D eigenvalue weighted by atomic mass is 10.1. The summed E-state index contributed by atoms with van der Waals surface area (Å²) in [6, 6.07) is 3.47. The third kappa shape index (κ3) is 3.22. The van der Waals surface area contributed by atoms with Gasteiger partial charge in [-0.15, -0.1) is 10.2 Å². The molecule has 1 amide bonds. The maximum atomic E-state index is 12.6. The number of hydrogen-bond acceptors (Lipinski definition) is 6. The Morgan fingerprint density at radius 2 is 2.29 bits per heavy atom. The van der Waals surface area contributed by atoms with Crippen LogP contribution in [0, 0.1) is 0 Å². The van der Waals surface area contributed by atoms with E-state index in [0.29, 0.717) is 5.82 Å². The lowest BCUT2D eigenvalue weighted by Gasteiger charge is -2.26. The molecule has 8 heteroatoms. The molecule has 1 saturated heterocycles. The Labute approximate surface area is 122 Å². The number of nitrogens with one attached hydrogen (secondary N) is 2. The van der Waals surface area contributed by atoms with Gasteiger partial charge in [-0.3, -0.25) is 14.7 Å². The van der Waals surface area contributed by atoms with Crippen molar-refractivity contribution in [1.82, 2.24) is 35.8 Å². The maximum Gasteiger partial charge on any atom is 0.242 e. The molecule has 1 aliphatic heterocycles. The van der Waals surface area contributed by atoms with Gasteiger partial charge >= 0.3 is 0 Å². The summed E-state index contributed by atoms with van der Waals surface area (Å²) in [5, 5.41) is 16.4. The van der Waals surface area contributed by atoms with Crippen LogP contribution in [-0.4, -0.2) is 49.5 Å². The van der Waals surface area contributed by atoms with Gasteiger partial charge in [-0.2, -0.15) is 5.21 Å². The van der Waals surface area contributed by atoms with E-state index >= 15 is 0 Å². The molecule has 2 N–H and O–H groups in total. The van der Waals surface area contributed by atoms with Crippen molar-refractivity contribution < 1.29 is 4.79 Å². The number of aromatic amines is 1. The summed E-state index contributed by atoms with van der Waals surface area (Å²) in [4.78, 5) is 18.9. The SMILES string of the molecule is O=C(NCc1nn[nH]n1)[C@H](c1cccnc1)N1CCCC1. The van der Waals surface area contributed by atoms with E-state index in [9.17, 15) is 4.79 Å². The van der Waals surface area contributed by atoms with E-state index in [0.717, 1.165) is 31.5 Å². The number of H-pyrrole nitrogens is 1. The molecule has 0 unspecified atom stereocenters. The number of tetrazole rings is 1. The predicted molar refractivity (Wildman–Crippen MR) is 73.8 cm³/mol. The van der Waals surface area contributed by atoms with Gasteiger partial charge in [-0.05, 0) is 37.6 Å². The Morgan fingerprint density at radius 3 is 2.95 bits per heavy atom. The largest absolute Gasteiger partial charge is 0.347 e. The molecule has 1 fully saturated rings. The first kappa shape index (κ1) is 13.6. The van der Waals surface area contributed by atoms with Gasteiger partial charge in [0, 0.05) is 12.4 Å². The van der Waals surface area contributed by atoms with Crippen molar-refractivity contribution >= 4 is 5.91 Å². The summed E-state index contributed by atoms with van der Waals surface area (Å²) in [5.74, 6) is 0.407. The standard InChI is InChI=1S/C13H17N7O/c21-13(15-9-11-16-18-19-17-11)12(20-6-1-2-7-20)10-4-3-5-14-8-10/h3-5,8,12H,1-2,6-7,9H2,(H,15,21)(H,16,17,18,19)/t12-/m0/s1. The van der Waals surface area contributed by atoms with E-state index < -0.39 is 0 Å². The monoisotopic (exact) mass is 287 g/mol. The molecule has 1 atom stereocenters. The van der Waals surface area contributed by atoms with Crippen LogP contribution in [0.15, 0.2) is 24.5 Å². The average Bonchev–Trinajstić information content (AvgIpc) is 3.20. The second-order valence-electron chi connectivity index (χ2n) is 4.98. The van der Waals surface area contributed by atoms with Gasteiger partial charge < -0.3 is 5.32 Å². The van der Waals surface area contributed by atoms with Crippen LogP contribution in [-0.2, 0) is 11.3 Å². The van der Waals surface area contributed by atoms with Crippen LogP contribution in [0.25, 0.3) is 0 Å². The molecule has 0 spiro atoms. The molecule has 2 aromatic heterocycles. The van der Waals surface area contributed by atoms with Crippen molar-refractivity contribution in [2.45, 2.75) is 25.4 Å². The highest BCUT2D eigenvalue weighted by Gasteiger charge is 2.29. The first-order valence-electron chi connectivity index (χ1n) is 6.98. The topological polar surface area (TPSA) is 99.7 Å². The smallest absolute Gasteiger partial charge is 0.242 e. The summed E-state index contributed by atoms with van der Waals surface area (Å²) in [5.41, 5.74) is 0.907. The molecule has 3 heterocycles. The van der Waals surface area contributed by atoms with Crippen LogP contribution in [0.4, 0.5) is 0 Å². The number of carbonyl (C=O) groups excluding carboxylic acids is 1. The lowest BCUT2D eigenvalue weighted by molar-refractivity contribution is -0.126. The van der Waals surface area contributed by atoms with Gasteiger partial charge in [0.15, 0.2) is 5.82 Å². The van der Waals surface area contributed by atoms with Crippen molar-refractivity contribution in [2.24, 2.45) is 0 Å². The van der Waals surface area contributed by atoms with Crippen LogP contribution in [0.2, 0.25) is 0 Å². The minimum Gasteiger partial charge on any atom is -0.347 e. The zero-order valence-corrected chi connectivity index (χ0v) is 11.6. The zero-order valence-electron chi connectivity index (χ0n) is 11.6. The van der Waals surface area contributed by atoms with Crippen molar-refractivity contribution in [3.63, 3.8) is 0 Å². The third-order valence-corrected chi connectivity index (χ3v) is 3.56. The second kappa shape index (κ2) is 6.40. The molecule has 0 aromatic carbocycles. The number of amides is 1. The fourth-order valence-corrected chi connectivity index (χ4v) is 2.59. The van der Waals surface area contributed by atoms with Gasteiger partial charge in [-0.25, -0.2) is 0 Å². The number of carbonyl (C=O) groups is 1. The number of aromatic nitrogens is 5. The molecule has 8 nitrogen and oxygen atoms in total. The first-order valence-corrected chi connectivity index (χ1v) is 6.98. The maximum absolute atomic E-state index is 12.6. The zero-order chi connectivity index (χ0) is 14.5. The highest BCUT2D eigenvalue weighted by atomic mass is 16.2. The van der Waals surface area contributed by atoms with Gasteiger partial charge in [0.2, 0.25) is 5.91 Å². The second-order valence-corrected chi connectivity index (χ2v) is 4.98. The molecule has 3 rings (SSSR count). The van der Waals surface area contributed by atoms with E-state index in [-0.39, 0.29) is 18.5 Å². The number of rotatable bonds is 5. The summed E-state index contributed by atoms with van der Waals surface area (Å²) in [7, 11) is 0. The Balaban J connectivity index is 1.73. The number of nitrogens with zero attached hydrogens (tertiary/aromatic N) is 5. The van der Waals surface area contributed by atoms with E-state index in [1.165, 1.54) is 0 Å². The van der Waals surface area contributed by atoms with Crippen LogP contribution in [0.1, 0.15) is 30.3 Å². The van der Waals surface area contributed by atoms with E-state index in [1.54, 1.807) is 12.4 Å². The molecular formula is C13H17N7O. The van der Waals surface area contributed by atoms with Crippen molar-refractivity contribution in [3.8, 4) is 0 Å². The fourth-order valence-electron chi connectivity index (χ4n) is 2.59. The molecule has 1 aliphatic rings. The Bertz CT molecular complexity index is 565. The van der Waals surface area contributed by atoms with Crippen LogP contribution in [0.5, 0.6) is 0 Å². The summed E-state index contributed by atoms with van der Waals surface area (Å²) < 4.78 is 0. The van der Waals surface area contributed by atoms with Gasteiger partial charge in [0.25, 0.3) is 0 Å². The molecule has 0 radical (unpaired) electrons. The minimum absolute atomic E-state index is 0.0605. The number of hydrogen-bond donors (Lipinski definition) is 2. The predicted octanol–water partition coefficient (Wildman–Crippen LogP) is 0.0480. The number of pyridine rings is 1. The first-order chi connectivity index (χ1) is 10.3. The molecule has 0 aliphatic carbocycles. The van der Waals surface area contributed by atoms with Crippen LogP contribution >= 0.6 is 0 Å². The molecule has 0 bridgehead atoms. The van der Waals surface area contributed by atoms with Gasteiger partial charge in [-0.1, -0.05) is 11.3 Å². The molecule has 110 valence electrons. The average molecular weight is 287 g/mol. The Hall–Kier alpha value is -2.35.